The van der Waals surface area contributed by atoms with Crippen LogP contribution in [0.1, 0.15) is 17.6 Å². The summed E-state index contributed by atoms with van der Waals surface area (Å²) < 4.78 is 42.7. The van der Waals surface area contributed by atoms with Crippen LogP contribution in [-0.4, -0.2) is 18.1 Å². The largest absolute Gasteiger partial charge is 0.469 e. The van der Waals surface area contributed by atoms with E-state index in [9.17, 15) is 18.0 Å². The average Bonchev–Trinajstić information content (AvgIpc) is 2.24. The maximum absolute atomic E-state index is 13.4. The topological polar surface area (TPSA) is 65.2 Å². The van der Waals surface area contributed by atoms with E-state index in [1.54, 1.807) is 0 Å². The summed E-state index contributed by atoms with van der Waals surface area (Å²) in [5, 5.41) is 0. The average molecular weight is 234 g/mol. The van der Waals surface area contributed by atoms with Crippen molar-refractivity contribution < 1.29 is 22.7 Å². The normalized spacial score (nSPS) is 10.6. The minimum absolute atomic E-state index is 0.477. The van der Waals surface area contributed by atoms with Gasteiger partial charge in [-0.2, -0.15) is 0 Å². The van der Waals surface area contributed by atoms with Crippen LogP contribution < -0.4 is 5.73 Å². The summed E-state index contributed by atoms with van der Waals surface area (Å²) in [6.45, 7) is 0. The number of halogens is 3. The molecule has 0 unspecified atom stereocenters. The van der Waals surface area contributed by atoms with Gasteiger partial charge < -0.3 is 10.5 Å². The minimum atomic E-state index is -2.93. The highest BCUT2D eigenvalue weighted by Crippen LogP contribution is 2.26. The van der Waals surface area contributed by atoms with Crippen LogP contribution in [0.25, 0.3) is 0 Å². The lowest BCUT2D eigenvalue weighted by Gasteiger charge is -2.09. The van der Waals surface area contributed by atoms with Gasteiger partial charge >= 0.3 is 5.97 Å². The number of rotatable bonds is 3. The first-order chi connectivity index (χ1) is 7.47. The summed E-state index contributed by atoms with van der Waals surface area (Å²) in [5.41, 5.74) is 3.99. The summed E-state index contributed by atoms with van der Waals surface area (Å²) in [6, 6.07) is 0. The third-order valence-electron chi connectivity index (χ3n) is 1.96. The maximum atomic E-state index is 13.4. The molecular weight excluding hydrogens is 225 g/mol. The van der Waals surface area contributed by atoms with Crippen LogP contribution in [-0.2, 0) is 16.0 Å². The fourth-order valence-electron chi connectivity index (χ4n) is 1.14. The number of anilines is 1. The first-order valence-corrected chi connectivity index (χ1v) is 4.25. The number of carbonyl (C=O) groups is 1. The standard InChI is InChI=1S/C9H9F3N2O2/c1-16-6(15)2-4-5(8(11)12)3-14-9(13)7(4)10/h3,8H,2H2,1H3,(H2,13,14). The summed E-state index contributed by atoms with van der Waals surface area (Å²) in [4.78, 5) is 14.2. The first kappa shape index (κ1) is 12.3. The Morgan fingerprint density at radius 3 is 2.75 bits per heavy atom. The summed E-state index contributed by atoms with van der Waals surface area (Å²) in [7, 11) is 1.08. The minimum Gasteiger partial charge on any atom is -0.469 e. The Balaban J connectivity index is 3.20. The van der Waals surface area contributed by atoms with Gasteiger partial charge in [-0.05, 0) is 0 Å². The Morgan fingerprint density at radius 2 is 2.25 bits per heavy atom. The molecule has 4 nitrogen and oxygen atoms in total. The SMILES string of the molecule is COC(=O)Cc1c(C(F)F)cnc(N)c1F. The van der Waals surface area contributed by atoms with E-state index in [1.807, 2.05) is 0 Å². The van der Waals surface area contributed by atoms with Crippen molar-refractivity contribution in [1.29, 1.82) is 0 Å². The molecule has 1 rings (SSSR count). The van der Waals surface area contributed by atoms with Crippen molar-refractivity contribution >= 4 is 11.8 Å². The van der Waals surface area contributed by atoms with Crippen molar-refractivity contribution in [2.75, 3.05) is 12.8 Å². The molecule has 0 saturated heterocycles. The smallest absolute Gasteiger partial charge is 0.310 e. The quantitative estimate of drug-likeness (QED) is 0.804. The number of carbonyl (C=O) groups excluding carboxylic acids is 1. The van der Waals surface area contributed by atoms with Crippen LogP contribution in [0.15, 0.2) is 6.20 Å². The highest BCUT2D eigenvalue weighted by molar-refractivity contribution is 5.73. The van der Waals surface area contributed by atoms with E-state index in [4.69, 9.17) is 5.73 Å². The number of nitrogens with zero attached hydrogens (tertiary/aromatic N) is 1. The molecule has 0 bridgehead atoms. The molecule has 0 aliphatic heterocycles. The van der Waals surface area contributed by atoms with E-state index >= 15 is 0 Å². The maximum Gasteiger partial charge on any atom is 0.310 e. The van der Waals surface area contributed by atoms with Gasteiger partial charge in [-0.3, -0.25) is 4.79 Å². The lowest BCUT2D eigenvalue weighted by atomic mass is 10.1. The Hall–Kier alpha value is -1.79. The van der Waals surface area contributed by atoms with Crippen molar-refractivity contribution in [2.45, 2.75) is 12.8 Å². The van der Waals surface area contributed by atoms with Crippen LogP contribution >= 0.6 is 0 Å². The Bertz CT molecular complexity index is 410. The molecule has 0 saturated carbocycles. The molecule has 0 spiro atoms. The molecule has 0 aliphatic rings. The first-order valence-electron chi connectivity index (χ1n) is 4.25. The van der Waals surface area contributed by atoms with Crippen LogP contribution in [0.2, 0.25) is 0 Å². The zero-order chi connectivity index (χ0) is 12.3. The molecule has 0 aromatic carbocycles. The highest BCUT2D eigenvalue weighted by Gasteiger charge is 2.21. The van der Waals surface area contributed by atoms with Gasteiger partial charge in [0, 0.05) is 17.3 Å². The number of aromatic nitrogens is 1. The molecular formula is C9H9F3N2O2. The zero-order valence-electron chi connectivity index (χ0n) is 8.34. The van der Waals surface area contributed by atoms with Gasteiger partial charge in [0.25, 0.3) is 6.43 Å². The third-order valence-corrected chi connectivity index (χ3v) is 1.96. The molecule has 0 amide bonds. The molecule has 1 aromatic rings. The van der Waals surface area contributed by atoms with Crippen LogP contribution in [0.5, 0.6) is 0 Å². The number of ether oxygens (including phenoxy) is 1. The van der Waals surface area contributed by atoms with E-state index in [1.165, 1.54) is 0 Å². The van der Waals surface area contributed by atoms with Gasteiger partial charge in [0.15, 0.2) is 11.6 Å². The van der Waals surface area contributed by atoms with Gasteiger partial charge in [-0.1, -0.05) is 0 Å². The molecule has 2 N–H and O–H groups in total. The van der Waals surface area contributed by atoms with Gasteiger partial charge in [0.2, 0.25) is 0 Å². The van der Waals surface area contributed by atoms with Crippen LogP contribution in [0.3, 0.4) is 0 Å². The van der Waals surface area contributed by atoms with E-state index in [-0.39, 0.29) is 0 Å². The molecule has 0 fully saturated rings. The van der Waals surface area contributed by atoms with Crippen molar-refractivity contribution in [3.05, 3.63) is 23.1 Å². The molecule has 7 heteroatoms. The summed E-state index contributed by atoms with van der Waals surface area (Å²) in [6.07, 6.45) is -2.78. The van der Waals surface area contributed by atoms with Gasteiger partial charge in [0.1, 0.15) is 0 Å². The Labute approximate surface area is 89.2 Å². The molecule has 0 atom stereocenters. The van der Waals surface area contributed by atoms with Crippen LogP contribution in [0.4, 0.5) is 19.0 Å². The summed E-state index contributed by atoms with van der Waals surface area (Å²) >= 11 is 0. The number of alkyl halides is 2. The van der Waals surface area contributed by atoms with E-state index in [2.05, 4.69) is 9.72 Å². The van der Waals surface area contributed by atoms with Crippen LogP contribution in [0, 0.1) is 5.82 Å². The lowest BCUT2D eigenvalue weighted by Crippen LogP contribution is -2.12. The number of hydrogen-bond acceptors (Lipinski definition) is 4. The molecule has 88 valence electrons. The predicted molar refractivity (Wildman–Crippen MR) is 49.3 cm³/mol. The molecule has 1 heterocycles. The molecule has 16 heavy (non-hydrogen) atoms. The second-order valence-electron chi connectivity index (χ2n) is 2.94. The fourth-order valence-corrected chi connectivity index (χ4v) is 1.14. The Kier molecular flexibility index (Phi) is 3.70. The Morgan fingerprint density at radius 1 is 1.62 bits per heavy atom. The van der Waals surface area contributed by atoms with E-state index in [0.29, 0.717) is 0 Å². The van der Waals surface area contributed by atoms with Gasteiger partial charge in [0.05, 0.1) is 13.5 Å². The highest BCUT2D eigenvalue weighted by atomic mass is 19.3. The fraction of sp³-hybridized carbons (Fsp3) is 0.333. The van der Waals surface area contributed by atoms with Crippen molar-refractivity contribution in [3.8, 4) is 0 Å². The third kappa shape index (κ3) is 2.41. The molecule has 1 aromatic heterocycles. The number of nitrogens with two attached hydrogens (primary N) is 1. The molecule has 0 aliphatic carbocycles. The van der Waals surface area contributed by atoms with E-state index < -0.39 is 41.6 Å². The van der Waals surface area contributed by atoms with Crippen molar-refractivity contribution in [3.63, 3.8) is 0 Å². The second kappa shape index (κ2) is 4.82. The zero-order valence-corrected chi connectivity index (χ0v) is 8.34. The molecule has 0 radical (unpaired) electrons. The number of esters is 1. The van der Waals surface area contributed by atoms with Crippen molar-refractivity contribution in [2.24, 2.45) is 0 Å². The number of pyridine rings is 1. The van der Waals surface area contributed by atoms with E-state index in [0.717, 1.165) is 13.3 Å². The number of nitrogen functional groups attached to an aromatic ring is 1. The second-order valence-corrected chi connectivity index (χ2v) is 2.94. The van der Waals surface area contributed by atoms with Gasteiger partial charge in [-0.15, -0.1) is 0 Å². The van der Waals surface area contributed by atoms with Crippen molar-refractivity contribution in [1.82, 2.24) is 4.98 Å². The summed E-state index contributed by atoms with van der Waals surface area (Å²) in [5.74, 6) is -2.46. The number of hydrogen-bond donors (Lipinski definition) is 1. The number of methoxy groups -OCH3 is 1. The monoisotopic (exact) mass is 234 g/mol. The van der Waals surface area contributed by atoms with Gasteiger partial charge in [-0.25, -0.2) is 18.2 Å². The predicted octanol–water partition coefficient (Wildman–Crippen LogP) is 1.46. The lowest BCUT2D eigenvalue weighted by molar-refractivity contribution is -0.139.